The Labute approximate surface area is 214 Å². The number of para-hydroxylation sites is 2. The first-order valence-electron chi connectivity index (χ1n) is 11.1. The Hall–Kier alpha value is -4.46. The van der Waals surface area contributed by atoms with Gasteiger partial charge in [0.05, 0.1) is 23.1 Å². The number of halogens is 3. The number of hydrogen-bond donors (Lipinski definition) is 2. The fourth-order valence-corrected chi connectivity index (χ4v) is 4.25. The SMILES string of the molecule is C=CS(=O)(=O)Nc1ccccc1-n1c(CC)nc2c(cnn2CC(=O)Nc2ccc(C(F)(F)F)cc2)c1=O. The third-order valence-corrected chi connectivity index (χ3v) is 6.40. The predicted octanol–water partition coefficient (Wildman–Crippen LogP) is 3.69. The lowest BCUT2D eigenvalue weighted by atomic mass is 10.2. The highest BCUT2D eigenvalue weighted by molar-refractivity contribution is 7.95. The largest absolute Gasteiger partial charge is 0.416 e. The van der Waals surface area contributed by atoms with E-state index in [1.165, 1.54) is 21.5 Å². The first-order chi connectivity index (χ1) is 17.9. The molecule has 0 saturated carbocycles. The quantitative estimate of drug-likeness (QED) is 0.347. The van der Waals surface area contributed by atoms with Crippen LogP contribution in [-0.4, -0.2) is 33.7 Å². The molecule has 198 valence electrons. The van der Waals surface area contributed by atoms with Gasteiger partial charge >= 0.3 is 6.18 Å². The maximum atomic E-state index is 13.5. The zero-order valence-electron chi connectivity index (χ0n) is 19.9. The monoisotopic (exact) mass is 546 g/mol. The Morgan fingerprint density at radius 1 is 1.13 bits per heavy atom. The minimum atomic E-state index is -4.50. The highest BCUT2D eigenvalue weighted by Gasteiger charge is 2.30. The van der Waals surface area contributed by atoms with Crippen LogP contribution in [-0.2, 0) is 34.0 Å². The molecule has 10 nitrogen and oxygen atoms in total. The lowest BCUT2D eigenvalue weighted by Gasteiger charge is -2.16. The summed E-state index contributed by atoms with van der Waals surface area (Å²) < 4.78 is 67.2. The van der Waals surface area contributed by atoms with Gasteiger partial charge in [0.15, 0.2) is 5.65 Å². The van der Waals surface area contributed by atoms with Crippen LogP contribution in [0.25, 0.3) is 16.7 Å². The van der Waals surface area contributed by atoms with E-state index in [1.807, 2.05) is 0 Å². The predicted molar refractivity (Wildman–Crippen MR) is 135 cm³/mol. The van der Waals surface area contributed by atoms with E-state index in [1.54, 1.807) is 25.1 Å². The molecule has 0 radical (unpaired) electrons. The van der Waals surface area contributed by atoms with Gasteiger partial charge in [-0.25, -0.2) is 18.1 Å². The number of aromatic nitrogens is 4. The molecule has 0 saturated heterocycles. The molecule has 2 aromatic carbocycles. The second-order valence-corrected chi connectivity index (χ2v) is 9.64. The maximum Gasteiger partial charge on any atom is 0.416 e. The highest BCUT2D eigenvalue weighted by atomic mass is 32.2. The molecule has 0 unspecified atom stereocenters. The number of benzene rings is 2. The Kier molecular flexibility index (Phi) is 7.09. The number of fused-ring (bicyclic) bond motifs is 1. The van der Waals surface area contributed by atoms with Gasteiger partial charge in [-0.2, -0.15) is 18.3 Å². The molecule has 0 fully saturated rings. The number of amides is 1. The van der Waals surface area contributed by atoms with Crippen LogP contribution in [0.15, 0.2) is 71.5 Å². The second kappa shape index (κ2) is 10.1. The van der Waals surface area contributed by atoms with Crippen LogP contribution in [0.2, 0.25) is 0 Å². The molecule has 2 aromatic heterocycles. The van der Waals surface area contributed by atoms with Crippen molar-refractivity contribution in [2.24, 2.45) is 0 Å². The number of aryl methyl sites for hydroxylation is 1. The number of rotatable bonds is 8. The number of hydrogen-bond acceptors (Lipinski definition) is 6. The Morgan fingerprint density at radius 3 is 2.45 bits per heavy atom. The van der Waals surface area contributed by atoms with Crippen molar-refractivity contribution in [3.63, 3.8) is 0 Å². The van der Waals surface area contributed by atoms with Crippen LogP contribution < -0.4 is 15.6 Å². The standard InChI is InChI=1S/C24H21F3N6O4S/c1-3-20-30-22-17(23(35)33(20)19-8-6-5-7-18(19)31-38(36,37)4-2)13-28-32(22)14-21(34)29-16-11-9-15(10-12-16)24(25,26)27/h4-13,31H,2-3,14H2,1H3,(H,29,34). The van der Waals surface area contributed by atoms with Crippen molar-refractivity contribution < 1.29 is 26.4 Å². The van der Waals surface area contributed by atoms with Crippen LogP contribution in [0.4, 0.5) is 24.5 Å². The minimum absolute atomic E-state index is 0.0749. The average molecular weight is 547 g/mol. The third kappa shape index (κ3) is 5.44. The van der Waals surface area contributed by atoms with Gasteiger partial charge in [-0.05, 0) is 36.4 Å². The number of carbonyl (C=O) groups excluding carboxylic acids is 1. The summed E-state index contributed by atoms with van der Waals surface area (Å²) in [6.07, 6.45) is -2.98. The molecule has 4 rings (SSSR count). The summed E-state index contributed by atoms with van der Waals surface area (Å²) >= 11 is 0. The fourth-order valence-electron chi connectivity index (χ4n) is 3.69. The van der Waals surface area contributed by atoms with E-state index in [-0.39, 0.29) is 46.9 Å². The van der Waals surface area contributed by atoms with Gasteiger partial charge in [0.2, 0.25) is 5.91 Å². The number of carbonyl (C=O) groups is 1. The zero-order chi connectivity index (χ0) is 27.7. The number of nitrogens with one attached hydrogen (secondary N) is 2. The van der Waals surface area contributed by atoms with E-state index in [4.69, 9.17) is 0 Å². The number of nitrogens with zero attached hydrogens (tertiary/aromatic N) is 4. The Morgan fingerprint density at radius 2 is 1.82 bits per heavy atom. The number of anilines is 2. The maximum absolute atomic E-state index is 13.5. The summed E-state index contributed by atoms with van der Waals surface area (Å²) in [6.45, 7) is 4.66. The van der Waals surface area contributed by atoms with Crippen molar-refractivity contribution >= 4 is 38.3 Å². The normalized spacial score (nSPS) is 11.9. The van der Waals surface area contributed by atoms with Crippen molar-refractivity contribution in [3.05, 3.63) is 88.5 Å². The van der Waals surface area contributed by atoms with Crippen LogP contribution >= 0.6 is 0 Å². The van der Waals surface area contributed by atoms with E-state index >= 15 is 0 Å². The molecule has 38 heavy (non-hydrogen) atoms. The van der Waals surface area contributed by atoms with Crippen LogP contribution in [0.1, 0.15) is 18.3 Å². The average Bonchev–Trinajstić information content (AvgIpc) is 3.26. The molecule has 0 bridgehead atoms. The summed E-state index contributed by atoms with van der Waals surface area (Å²) in [4.78, 5) is 30.5. The molecule has 1 amide bonds. The first kappa shape index (κ1) is 26.6. The van der Waals surface area contributed by atoms with Gasteiger partial charge in [0.25, 0.3) is 15.6 Å². The zero-order valence-corrected chi connectivity index (χ0v) is 20.7. The molecule has 4 aromatic rings. The Bertz CT molecular complexity index is 1690. The van der Waals surface area contributed by atoms with Crippen LogP contribution in [0, 0.1) is 0 Å². The molecule has 2 heterocycles. The second-order valence-electron chi connectivity index (χ2n) is 8.02. The van der Waals surface area contributed by atoms with Crippen molar-refractivity contribution in [1.29, 1.82) is 0 Å². The summed E-state index contributed by atoms with van der Waals surface area (Å²) in [5.41, 5.74) is -0.737. The van der Waals surface area contributed by atoms with Gasteiger partial charge in [-0.1, -0.05) is 25.6 Å². The summed E-state index contributed by atoms with van der Waals surface area (Å²) in [5, 5.41) is 7.40. The molecular weight excluding hydrogens is 525 g/mol. The lowest BCUT2D eigenvalue weighted by Crippen LogP contribution is -2.26. The summed E-state index contributed by atoms with van der Waals surface area (Å²) in [6, 6.07) is 10.2. The number of alkyl halides is 3. The topological polar surface area (TPSA) is 128 Å². The molecule has 0 atom stereocenters. The van der Waals surface area contributed by atoms with Gasteiger partial charge in [-0.3, -0.25) is 18.9 Å². The van der Waals surface area contributed by atoms with Crippen molar-refractivity contribution in [3.8, 4) is 5.69 Å². The van der Waals surface area contributed by atoms with E-state index in [0.717, 1.165) is 29.7 Å². The third-order valence-electron chi connectivity index (χ3n) is 5.46. The first-order valence-corrected chi connectivity index (χ1v) is 12.7. The molecular formula is C24H21F3N6O4S. The fraction of sp³-hybridized carbons (Fsp3) is 0.167. The molecule has 0 aliphatic carbocycles. The molecule has 0 aliphatic heterocycles. The van der Waals surface area contributed by atoms with Gasteiger partial charge in [-0.15, -0.1) is 0 Å². The minimum Gasteiger partial charge on any atom is -0.324 e. The highest BCUT2D eigenvalue weighted by Crippen LogP contribution is 2.30. The van der Waals surface area contributed by atoms with Crippen LogP contribution in [0.5, 0.6) is 0 Å². The number of sulfonamides is 1. The molecule has 2 N–H and O–H groups in total. The molecule has 0 spiro atoms. The van der Waals surface area contributed by atoms with E-state index in [9.17, 15) is 31.2 Å². The summed E-state index contributed by atoms with van der Waals surface area (Å²) in [5.74, 6) is -0.319. The van der Waals surface area contributed by atoms with Crippen molar-refractivity contribution in [2.45, 2.75) is 26.1 Å². The van der Waals surface area contributed by atoms with Crippen molar-refractivity contribution in [1.82, 2.24) is 19.3 Å². The lowest BCUT2D eigenvalue weighted by molar-refractivity contribution is -0.137. The summed E-state index contributed by atoms with van der Waals surface area (Å²) in [7, 11) is -3.86. The van der Waals surface area contributed by atoms with Gasteiger partial charge < -0.3 is 5.32 Å². The van der Waals surface area contributed by atoms with E-state index in [2.05, 4.69) is 26.7 Å². The smallest absolute Gasteiger partial charge is 0.324 e. The van der Waals surface area contributed by atoms with Gasteiger partial charge in [0, 0.05) is 17.5 Å². The van der Waals surface area contributed by atoms with Crippen molar-refractivity contribution in [2.75, 3.05) is 10.0 Å². The molecule has 0 aliphatic rings. The van der Waals surface area contributed by atoms with E-state index < -0.39 is 33.2 Å². The molecule has 14 heteroatoms. The van der Waals surface area contributed by atoms with E-state index in [0.29, 0.717) is 0 Å². The Balaban J connectivity index is 1.67. The van der Waals surface area contributed by atoms with Crippen LogP contribution in [0.3, 0.4) is 0 Å². The van der Waals surface area contributed by atoms with Gasteiger partial charge in [0.1, 0.15) is 17.8 Å².